The van der Waals surface area contributed by atoms with E-state index in [1.165, 1.54) is 0 Å². The lowest BCUT2D eigenvalue weighted by atomic mass is 10.2. The fraction of sp³-hybridized carbons (Fsp3) is 0.909. The Morgan fingerprint density at radius 1 is 1.16 bits per heavy atom. The predicted octanol–water partition coefficient (Wildman–Crippen LogP) is 4.04. The molecule has 8 heteroatoms. The Morgan fingerprint density at radius 2 is 1.79 bits per heavy atom. The second-order valence-electron chi connectivity index (χ2n) is 3.93. The number of carbonyl (C=O) groups is 1. The molecule has 19 heavy (non-hydrogen) atoms. The van der Waals surface area contributed by atoms with Crippen molar-refractivity contribution in [2.45, 2.75) is 44.7 Å². The molecule has 2 nitrogen and oxygen atoms in total. The largest absolute Gasteiger partial charge is 0.465 e. The van der Waals surface area contributed by atoms with E-state index in [2.05, 4.69) is 0 Å². The van der Waals surface area contributed by atoms with E-state index in [-0.39, 0.29) is 17.9 Å². The summed E-state index contributed by atoms with van der Waals surface area (Å²) in [6.45, 7) is 2.24. The van der Waals surface area contributed by atoms with Gasteiger partial charge in [-0.3, -0.25) is 4.79 Å². The number of ether oxygens (including phenoxy) is 1. The topological polar surface area (TPSA) is 26.3 Å². The monoisotopic (exact) mass is 308 g/mol. The molecular formula is C11H17F5O2S. The van der Waals surface area contributed by atoms with E-state index < -0.39 is 24.5 Å². The first kappa shape index (κ1) is 18.5. The van der Waals surface area contributed by atoms with Crippen molar-refractivity contribution < 1.29 is 31.5 Å². The Kier molecular flexibility index (Phi) is 8.36. The van der Waals surface area contributed by atoms with Crippen LogP contribution in [-0.2, 0) is 9.53 Å². The number of hydrogen-bond donors (Lipinski definition) is 0. The molecule has 0 atom stereocenters. The molecule has 0 fully saturated rings. The number of halogens is 5. The molecule has 0 aliphatic heterocycles. The van der Waals surface area contributed by atoms with Crippen LogP contribution in [0.4, 0.5) is 22.0 Å². The minimum atomic E-state index is -5.50. The molecule has 0 saturated carbocycles. The molecule has 0 spiro atoms. The summed E-state index contributed by atoms with van der Waals surface area (Å²) >= 11 is 0.995. The van der Waals surface area contributed by atoms with E-state index in [1.807, 2.05) is 6.92 Å². The summed E-state index contributed by atoms with van der Waals surface area (Å²) in [6.07, 6.45) is -5.44. The Morgan fingerprint density at radius 3 is 2.32 bits per heavy atom. The van der Waals surface area contributed by atoms with Gasteiger partial charge in [0.15, 0.2) is 0 Å². The van der Waals surface area contributed by atoms with Gasteiger partial charge in [-0.25, -0.2) is 0 Å². The molecule has 0 bridgehead atoms. The Labute approximate surface area is 113 Å². The highest BCUT2D eigenvalue weighted by molar-refractivity contribution is 7.99. The third-order valence-electron chi connectivity index (χ3n) is 2.18. The number of esters is 1. The van der Waals surface area contributed by atoms with Crippen LogP contribution in [0.25, 0.3) is 0 Å². The summed E-state index contributed by atoms with van der Waals surface area (Å²) in [5, 5.41) is 0. The van der Waals surface area contributed by atoms with Crippen molar-refractivity contribution in [3.63, 3.8) is 0 Å². The number of hydrogen-bond acceptors (Lipinski definition) is 3. The molecule has 0 rings (SSSR count). The van der Waals surface area contributed by atoms with E-state index in [0.717, 1.165) is 24.6 Å². The van der Waals surface area contributed by atoms with Crippen molar-refractivity contribution >= 4 is 17.7 Å². The highest BCUT2D eigenvalue weighted by atomic mass is 32.2. The third-order valence-corrected chi connectivity index (χ3v) is 3.19. The average molecular weight is 308 g/mol. The van der Waals surface area contributed by atoms with Crippen LogP contribution < -0.4 is 0 Å². The quantitative estimate of drug-likeness (QED) is 0.365. The minimum absolute atomic E-state index is 0.0265. The van der Waals surface area contributed by atoms with E-state index >= 15 is 0 Å². The Bertz CT molecular complexity index is 268. The molecule has 0 aromatic heterocycles. The van der Waals surface area contributed by atoms with Crippen LogP contribution in [0.15, 0.2) is 0 Å². The van der Waals surface area contributed by atoms with Crippen molar-refractivity contribution in [3.8, 4) is 0 Å². The third kappa shape index (κ3) is 8.28. The molecular weight excluding hydrogens is 291 g/mol. The molecule has 0 unspecified atom stereocenters. The summed E-state index contributed by atoms with van der Waals surface area (Å²) in [4.78, 5) is 11.1. The zero-order chi connectivity index (χ0) is 14.9. The van der Waals surface area contributed by atoms with Crippen LogP contribution in [-0.4, -0.2) is 36.2 Å². The number of alkyl halides is 5. The van der Waals surface area contributed by atoms with E-state index in [4.69, 9.17) is 4.74 Å². The highest BCUT2D eigenvalue weighted by Crippen LogP contribution is 2.38. The van der Waals surface area contributed by atoms with Crippen molar-refractivity contribution in [1.29, 1.82) is 0 Å². The summed E-state index contributed by atoms with van der Waals surface area (Å²) < 4.78 is 65.2. The average Bonchev–Trinajstić information content (AvgIpc) is 2.27. The molecule has 0 heterocycles. The molecule has 114 valence electrons. The van der Waals surface area contributed by atoms with Gasteiger partial charge in [0, 0.05) is 6.42 Å². The van der Waals surface area contributed by atoms with Crippen molar-refractivity contribution in [2.75, 3.05) is 18.1 Å². The summed E-state index contributed by atoms with van der Waals surface area (Å²) in [5.41, 5.74) is 0. The highest BCUT2D eigenvalue weighted by Gasteiger charge is 2.56. The van der Waals surface area contributed by atoms with Crippen LogP contribution in [0, 0.1) is 0 Å². The van der Waals surface area contributed by atoms with Crippen LogP contribution in [0.1, 0.15) is 32.6 Å². The number of unbranched alkanes of at least 4 members (excludes halogenated alkanes) is 1. The van der Waals surface area contributed by atoms with Gasteiger partial charge in [-0.05, 0) is 18.6 Å². The first-order chi connectivity index (χ1) is 8.70. The number of carbonyl (C=O) groups excluding carboxylic acids is 1. The lowest BCUT2D eigenvalue weighted by Crippen LogP contribution is -2.36. The molecule has 0 radical (unpaired) electrons. The molecule has 0 aromatic carbocycles. The Hall–Kier alpha value is -0.530. The maximum Gasteiger partial charge on any atom is 0.453 e. The first-order valence-electron chi connectivity index (χ1n) is 5.88. The maximum atomic E-state index is 12.5. The molecule has 0 saturated heterocycles. The maximum absolute atomic E-state index is 12.5. The van der Waals surface area contributed by atoms with Gasteiger partial charge in [-0.1, -0.05) is 13.3 Å². The zero-order valence-corrected chi connectivity index (χ0v) is 11.4. The van der Waals surface area contributed by atoms with Gasteiger partial charge in [0.1, 0.15) is 0 Å². The number of thioether (sulfide) groups is 1. The molecule has 0 N–H and O–H groups in total. The van der Waals surface area contributed by atoms with Gasteiger partial charge in [-0.15, -0.1) is 0 Å². The minimum Gasteiger partial charge on any atom is -0.465 e. The smallest absolute Gasteiger partial charge is 0.453 e. The fourth-order valence-corrected chi connectivity index (χ4v) is 1.81. The second kappa shape index (κ2) is 8.60. The molecule has 0 aliphatic carbocycles. The number of rotatable bonds is 9. The van der Waals surface area contributed by atoms with Crippen molar-refractivity contribution in [3.05, 3.63) is 0 Å². The van der Waals surface area contributed by atoms with Crippen molar-refractivity contribution in [2.24, 2.45) is 0 Å². The fourth-order valence-electron chi connectivity index (χ4n) is 1.07. The standard InChI is InChI=1S/C11H17F5O2S/c1-2-3-6-18-9(17)8-19-7-4-5-10(12,13)11(14,15)16/h2-8H2,1H3. The summed E-state index contributed by atoms with van der Waals surface area (Å²) in [6, 6.07) is 0. The Balaban J connectivity index is 3.63. The summed E-state index contributed by atoms with van der Waals surface area (Å²) in [7, 11) is 0. The lowest BCUT2D eigenvalue weighted by Gasteiger charge is -2.18. The van der Waals surface area contributed by atoms with Gasteiger partial charge in [0.05, 0.1) is 12.4 Å². The normalized spacial score (nSPS) is 12.5. The predicted molar refractivity (Wildman–Crippen MR) is 63.4 cm³/mol. The second-order valence-corrected chi connectivity index (χ2v) is 5.04. The summed E-state index contributed by atoms with van der Waals surface area (Å²) in [5.74, 6) is -5.09. The van der Waals surface area contributed by atoms with E-state index in [9.17, 15) is 26.7 Å². The van der Waals surface area contributed by atoms with Gasteiger partial charge < -0.3 is 4.74 Å². The van der Waals surface area contributed by atoms with Gasteiger partial charge >= 0.3 is 18.1 Å². The van der Waals surface area contributed by atoms with Crippen LogP contribution >= 0.6 is 11.8 Å². The van der Waals surface area contributed by atoms with Crippen LogP contribution in [0.5, 0.6) is 0 Å². The van der Waals surface area contributed by atoms with E-state index in [1.54, 1.807) is 0 Å². The van der Waals surface area contributed by atoms with Gasteiger partial charge in [0.2, 0.25) is 0 Å². The van der Waals surface area contributed by atoms with Gasteiger partial charge in [-0.2, -0.15) is 33.7 Å². The molecule has 0 aliphatic rings. The molecule has 0 amide bonds. The van der Waals surface area contributed by atoms with Crippen LogP contribution in [0.2, 0.25) is 0 Å². The van der Waals surface area contributed by atoms with Crippen LogP contribution in [0.3, 0.4) is 0 Å². The van der Waals surface area contributed by atoms with Gasteiger partial charge in [0.25, 0.3) is 0 Å². The van der Waals surface area contributed by atoms with E-state index in [0.29, 0.717) is 6.61 Å². The lowest BCUT2D eigenvalue weighted by molar-refractivity contribution is -0.284. The zero-order valence-electron chi connectivity index (χ0n) is 10.6. The first-order valence-corrected chi connectivity index (χ1v) is 7.04. The van der Waals surface area contributed by atoms with Crippen molar-refractivity contribution in [1.82, 2.24) is 0 Å². The SMILES string of the molecule is CCCCOC(=O)CSCCCC(F)(F)C(F)(F)F. The molecule has 0 aromatic rings.